The van der Waals surface area contributed by atoms with E-state index in [-0.39, 0.29) is 12.0 Å². The molecule has 1 atom stereocenters. The monoisotopic (exact) mass is 347 g/mol. The fourth-order valence-corrected chi connectivity index (χ4v) is 2.93. The van der Waals surface area contributed by atoms with Gasteiger partial charge in [0.25, 0.3) is 5.91 Å². The first-order chi connectivity index (χ1) is 11.7. The van der Waals surface area contributed by atoms with Gasteiger partial charge < -0.3 is 14.4 Å². The summed E-state index contributed by atoms with van der Waals surface area (Å²) in [6, 6.07) is 5.04. The fourth-order valence-electron chi connectivity index (χ4n) is 2.75. The first-order valence-electron chi connectivity index (χ1n) is 7.73. The molecule has 0 aliphatic carbocycles. The quantitative estimate of drug-likeness (QED) is 0.851. The van der Waals surface area contributed by atoms with Crippen LogP contribution in [0.1, 0.15) is 23.2 Å². The van der Waals surface area contributed by atoms with Gasteiger partial charge in [-0.3, -0.25) is 9.78 Å². The Morgan fingerprint density at radius 3 is 3.00 bits per heavy atom. The van der Waals surface area contributed by atoms with Gasteiger partial charge in [-0.25, -0.2) is 4.98 Å². The third-order valence-electron chi connectivity index (χ3n) is 3.88. The summed E-state index contributed by atoms with van der Waals surface area (Å²) >= 11 is 6.03. The molecule has 24 heavy (non-hydrogen) atoms. The number of halogens is 1. The summed E-state index contributed by atoms with van der Waals surface area (Å²) in [6.07, 6.45) is 6.37. The van der Waals surface area contributed by atoms with Crippen LogP contribution in [0.3, 0.4) is 0 Å². The molecule has 3 rings (SSSR count). The summed E-state index contributed by atoms with van der Waals surface area (Å²) in [5, 5.41) is 0.503. The second-order valence-corrected chi connectivity index (χ2v) is 5.96. The smallest absolute Gasteiger partial charge is 0.257 e. The number of benzene rings is 1. The lowest BCUT2D eigenvalue weighted by Crippen LogP contribution is -2.44. The van der Waals surface area contributed by atoms with Crippen LogP contribution in [0.2, 0.25) is 5.02 Å². The van der Waals surface area contributed by atoms with E-state index in [0.717, 1.165) is 12.8 Å². The molecule has 0 radical (unpaired) electrons. The lowest BCUT2D eigenvalue weighted by molar-refractivity contribution is 0.0524. The number of carbonyl (C=O) groups is 1. The van der Waals surface area contributed by atoms with E-state index in [1.807, 2.05) is 0 Å². The van der Waals surface area contributed by atoms with E-state index >= 15 is 0 Å². The molecule has 0 N–H and O–H groups in total. The number of amides is 1. The molecule has 0 bridgehead atoms. The van der Waals surface area contributed by atoms with Crippen LogP contribution >= 0.6 is 11.6 Å². The Morgan fingerprint density at radius 2 is 2.25 bits per heavy atom. The van der Waals surface area contributed by atoms with E-state index in [2.05, 4.69) is 9.97 Å². The molecule has 1 amide bonds. The predicted molar refractivity (Wildman–Crippen MR) is 89.6 cm³/mol. The van der Waals surface area contributed by atoms with Crippen molar-refractivity contribution in [3.8, 4) is 11.6 Å². The number of hydrogen-bond acceptors (Lipinski definition) is 5. The molecule has 1 aliphatic rings. The van der Waals surface area contributed by atoms with E-state index in [0.29, 0.717) is 35.3 Å². The lowest BCUT2D eigenvalue weighted by Gasteiger charge is -2.32. The molecule has 1 aliphatic heterocycles. The highest BCUT2D eigenvalue weighted by Gasteiger charge is 2.27. The van der Waals surface area contributed by atoms with Crippen molar-refractivity contribution >= 4 is 17.5 Å². The third-order valence-corrected chi connectivity index (χ3v) is 4.12. The van der Waals surface area contributed by atoms with E-state index in [1.165, 1.54) is 7.11 Å². The average molecular weight is 348 g/mol. The topological polar surface area (TPSA) is 64.5 Å². The Hall–Kier alpha value is -2.34. The fraction of sp³-hybridized carbons (Fsp3) is 0.353. The van der Waals surface area contributed by atoms with Gasteiger partial charge in [0.2, 0.25) is 5.88 Å². The van der Waals surface area contributed by atoms with E-state index in [4.69, 9.17) is 21.1 Å². The van der Waals surface area contributed by atoms with Gasteiger partial charge in [-0.15, -0.1) is 0 Å². The highest BCUT2D eigenvalue weighted by atomic mass is 35.5. The predicted octanol–water partition coefficient (Wildman–Crippen LogP) is 2.82. The molecule has 2 aromatic rings. The van der Waals surface area contributed by atoms with Crippen molar-refractivity contribution < 1.29 is 14.3 Å². The number of rotatable bonds is 4. The highest BCUT2D eigenvalue weighted by molar-refractivity contribution is 6.31. The second kappa shape index (κ2) is 7.49. The Morgan fingerprint density at radius 1 is 1.38 bits per heavy atom. The Bertz CT molecular complexity index is 711. The largest absolute Gasteiger partial charge is 0.496 e. The zero-order valence-corrected chi connectivity index (χ0v) is 14.1. The summed E-state index contributed by atoms with van der Waals surface area (Å²) in [5.74, 6) is 0.875. The third kappa shape index (κ3) is 3.76. The van der Waals surface area contributed by atoms with Gasteiger partial charge in [0, 0.05) is 24.0 Å². The van der Waals surface area contributed by atoms with Crippen LogP contribution in [0, 0.1) is 0 Å². The summed E-state index contributed by atoms with van der Waals surface area (Å²) in [4.78, 5) is 22.7. The maximum atomic E-state index is 12.8. The van der Waals surface area contributed by atoms with Gasteiger partial charge in [-0.2, -0.15) is 0 Å². The number of ether oxygens (including phenoxy) is 2. The molecule has 1 unspecified atom stereocenters. The minimum Gasteiger partial charge on any atom is -0.496 e. The van der Waals surface area contributed by atoms with Crippen molar-refractivity contribution in [1.82, 2.24) is 14.9 Å². The first kappa shape index (κ1) is 16.5. The van der Waals surface area contributed by atoms with Crippen LogP contribution in [0.4, 0.5) is 0 Å². The van der Waals surface area contributed by atoms with Gasteiger partial charge >= 0.3 is 0 Å². The van der Waals surface area contributed by atoms with Crippen molar-refractivity contribution in [2.24, 2.45) is 0 Å². The molecule has 1 aromatic heterocycles. The van der Waals surface area contributed by atoms with E-state index in [9.17, 15) is 4.79 Å². The molecule has 2 heterocycles. The Balaban J connectivity index is 1.72. The van der Waals surface area contributed by atoms with Crippen molar-refractivity contribution in [2.45, 2.75) is 18.9 Å². The van der Waals surface area contributed by atoms with Gasteiger partial charge in [-0.05, 0) is 31.0 Å². The first-order valence-corrected chi connectivity index (χ1v) is 8.10. The number of carbonyl (C=O) groups excluding carboxylic acids is 1. The Labute approximate surface area is 145 Å². The van der Waals surface area contributed by atoms with Gasteiger partial charge in [0.15, 0.2) is 0 Å². The van der Waals surface area contributed by atoms with E-state index < -0.39 is 0 Å². The summed E-state index contributed by atoms with van der Waals surface area (Å²) in [7, 11) is 1.54. The van der Waals surface area contributed by atoms with Crippen molar-refractivity contribution in [2.75, 3.05) is 20.2 Å². The lowest BCUT2D eigenvalue weighted by atomic mass is 10.1. The van der Waals surface area contributed by atoms with Gasteiger partial charge in [-0.1, -0.05) is 11.6 Å². The van der Waals surface area contributed by atoms with Gasteiger partial charge in [0.05, 0.1) is 25.4 Å². The molecule has 126 valence electrons. The van der Waals surface area contributed by atoms with Gasteiger partial charge in [0.1, 0.15) is 11.9 Å². The maximum Gasteiger partial charge on any atom is 0.257 e. The standard InChI is InChI=1S/C17H18ClN3O3/c1-23-15-5-4-12(18)9-14(15)17(22)21-8-2-3-13(11-21)24-16-10-19-6-7-20-16/h4-7,9-10,13H,2-3,8,11H2,1H3. The zero-order chi connectivity index (χ0) is 16.9. The second-order valence-electron chi connectivity index (χ2n) is 5.52. The minimum atomic E-state index is -0.109. The SMILES string of the molecule is COc1ccc(Cl)cc1C(=O)N1CCCC(Oc2cnccn2)C1. The number of nitrogens with zero attached hydrogens (tertiary/aromatic N) is 3. The molecule has 6 nitrogen and oxygen atoms in total. The summed E-state index contributed by atoms with van der Waals surface area (Å²) in [5.41, 5.74) is 0.463. The molecule has 7 heteroatoms. The minimum absolute atomic E-state index is 0.107. The number of piperidine rings is 1. The van der Waals surface area contributed by atoms with Crippen LogP contribution < -0.4 is 9.47 Å². The molecule has 1 fully saturated rings. The van der Waals surface area contributed by atoms with Crippen LogP contribution in [-0.2, 0) is 0 Å². The van der Waals surface area contributed by atoms with Crippen LogP contribution in [-0.4, -0.2) is 47.1 Å². The normalized spacial score (nSPS) is 17.4. The summed E-state index contributed by atoms with van der Waals surface area (Å²) in [6.45, 7) is 1.17. The van der Waals surface area contributed by atoms with E-state index in [1.54, 1.807) is 41.7 Å². The van der Waals surface area contributed by atoms with Crippen molar-refractivity contribution in [3.63, 3.8) is 0 Å². The molecule has 0 spiro atoms. The number of aromatic nitrogens is 2. The maximum absolute atomic E-state index is 12.8. The number of hydrogen-bond donors (Lipinski definition) is 0. The molecular formula is C17H18ClN3O3. The average Bonchev–Trinajstić information content (AvgIpc) is 2.62. The highest BCUT2D eigenvalue weighted by Crippen LogP contribution is 2.26. The van der Waals surface area contributed by atoms with Crippen LogP contribution in [0.5, 0.6) is 11.6 Å². The Kier molecular flexibility index (Phi) is 5.15. The van der Waals surface area contributed by atoms with Crippen LogP contribution in [0.15, 0.2) is 36.8 Å². The summed E-state index contributed by atoms with van der Waals surface area (Å²) < 4.78 is 11.1. The number of methoxy groups -OCH3 is 1. The van der Waals surface area contributed by atoms with Crippen molar-refractivity contribution in [1.29, 1.82) is 0 Å². The molecular weight excluding hydrogens is 330 g/mol. The van der Waals surface area contributed by atoms with Crippen molar-refractivity contribution in [3.05, 3.63) is 47.4 Å². The molecule has 0 saturated carbocycles. The van der Waals surface area contributed by atoms with Crippen LogP contribution in [0.25, 0.3) is 0 Å². The molecule has 1 aromatic carbocycles. The zero-order valence-electron chi connectivity index (χ0n) is 13.3. The number of likely N-dealkylation sites (tertiary alicyclic amines) is 1. The molecule has 1 saturated heterocycles.